The molecule has 1 aliphatic heterocycles. The number of fused-ring (bicyclic) bond motifs is 1. The number of para-hydroxylation sites is 2. The van der Waals surface area contributed by atoms with Crippen molar-refractivity contribution in [3.05, 3.63) is 92.8 Å². The zero-order valence-corrected chi connectivity index (χ0v) is 17.5. The average molecular weight is 421 g/mol. The fraction of sp³-hybridized carbons (Fsp3) is 0.208. The number of rotatable bonds is 3. The molecule has 0 saturated carbocycles. The van der Waals surface area contributed by atoms with Crippen molar-refractivity contribution in [1.29, 1.82) is 0 Å². The van der Waals surface area contributed by atoms with Crippen LogP contribution in [0.1, 0.15) is 35.7 Å². The fourth-order valence-corrected chi connectivity index (χ4v) is 5.28. The number of anilines is 2. The number of allylic oxidation sites excluding steroid dienone is 1. The second kappa shape index (κ2) is 7.69. The number of ketones is 1. The van der Waals surface area contributed by atoms with E-state index in [1.54, 1.807) is 11.3 Å². The van der Waals surface area contributed by atoms with E-state index < -0.39 is 0 Å². The second-order valence-corrected chi connectivity index (χ2v) is 8.90. The molecule has 2 heterocycles. The lowest BCUT2D eigenvalue weighted by Crippen LogP contribution is -2.32. The number of nitrogens with one attached hydrogen (secondary N) is 1. The minimum absolute atomic E-state index is 0.0929. The summed E-state index contributed by atoms with van der Waals surface area (Å²) in [6.45, 7) is 0.697. The van der Waals surface area contributed by atoms with Crippen molar-refractivity contribution in [2.24, 2.45) is 0 Å². The van der Waals surface area contributed by atoms with Crippen molar-refractivity contribution in [3.63, 3.8) is 0 Å². The van der Waals surface area contributed by atoms with Crippen LogP contribution in [0.25, 0.3) is 0 Å². The van der Waals surface area contributed by atoms with E-state index in [1.807, 2.05) is 18.2 Å². The third kappa shape index (κ3) is 3.47. The summed E-state index contributed by atoms with van der Waals surface area (Å²) in [7, 11) is 0. The van der Waals surface area contributed by atoms with Gasteiger partial charge in [0.2, 0.25) is 0 Å². The molecule has 5 rings (SSSR count). The van der Waals surface area contributed by atoms with Gasteiger partial charge in [0.1, 0.15) is 0 Å². The van der Waals surface area contributed by atoms with Crippen LogP contribution in [-0.2, 0) is 11.3 Å². The number of carbonyl (C=O) groups excluding carboxylic acids is 1. The van der Waals surface area contributed by atoms with Crippen LogP contribution in [0.2, 0.25) is 5.02 Å². The molecule has 5 heteroatoms. The summed E-state index contributed by atoms with van der Waals surface area (Å²) in [6.07, 6.45) is 2.43. The Hall–Kier alpha value is -2.56. The topological polar surface area (TPSA) is 32.3 Å². The smallest absolute Gasteiger partial charge is 0.163 e. The highest BCUT2D eigenvalue weighted by Gasteiger charge is 2.37. The Bertz CT molecular complexity index is 1070. The molecule has 0 radical (unpaired) electrons. The first-order valence-electron chi connectivity index (χ1n) is 9.87. The van der Waals surface area contributed by atoms with Crippen molar-refractivity contribution in [2.45, 2.75) is 31.8 Å². The lowest BCUT2D eigenvalue weighted by atomic mass is 9.88. The number of benzene rings is 2. The van der Waals surface area contributed by atoms with E-state index in [0.29, 0.717) is 13.0 Å². The molecule has 1 aromatic heterocycles. The summed E-state index contributed by atoms with van der Waals surface area (Å²) in [6, 6.07) is 20.4. The summed E-state index contributed by atoms with van der Waals surface area (Å²) >= 11 is 7.82. The highest BCUT2D eigenvalue weighted by molar-refractivity contribution is 7.10. The minimum Gasteiger partial charge on any atom is -0.357 e. The van der Waals surface area contributed by atoms with Gasteiger partial charge in [-0.15, -0.1) is 11.3 Å². The Morgan fingerprint density at radius 2 is 1.86 bits per heavy atom. The third-order valence-electron chi connectivity index (χ3n) is 5.62. The first-order chi connectivity index (χ1) is 14.2. The molecule has 0 spiro atoms. The predicted molar refractivity (Wildman–Crippen MR) is 121 cm³/mol. The van der Waals surface area contributed by atoms with E-state index >= 15 is 0 Å². The van der Waals surface area contributed by atoms with E-state index in [9.17, 15) is 4.79 Å². The Morgan fingerprint density at radius 3 is 2.66 bits per heavy atom. The molecule has 2 aliphatic rings. The molecule has 0 bridgehead atoms. The van der Waals surface area contributed by atoms with Crippen LogP contribution in [0, 0.1) is 0 Å². The van der Waals surface area contributed by atoms with Gasteiger partial charge in [-0.05, 0) is 54.1 Å². The lowest BCUT2D eigenvalue weighted by molar-refractivity contribution is -0.116. The van der Waals surface area contributed by atoms with Crippen LogP contribution in [0.15, 0.2) is 77.3 Å². The van der Waals surface area contributed by atoms with Gasteiger partial charge in [0, 0.05) is 34.1 Å². The molecule has 3 nitrogen and oxygen atoms in total. The molecule has 0 amide bonds. The third-order valence-corrected chi connectivity index (χ3v) is 6.80. The van der Waals surface area contributed by atoms with E-state index in [0.717, 1.165) is 46.1 Å². The van der Waals surface area contributed by atoms with Gasteiger partial charge in [0.25, 0.3) is 0 Å². The zero-order valence-electron chi connectivity index (χ0n) is 15.9. The highest BCUT2D eigenvalue weighted by atomic mass is 35.5. The molecule has 146 valence electrons. The van der Waals surface area contributed by atoms with Crippen LogP contribution in [-0.4, -0.2) is 5.78 Å². The van der Waals surface area contributed by atoms with Crippen LogP contribution < -0.4 is 10.2 Å². The van der Waals surface area contributed by atoms with E-state index in [1.165, 1.54) is 4.88 Å². The molecule has 1 atom stereocenters. The SMILES string of the molecule is O=C1CCCC2=C1C(c1cccs1)N(Cc1ccc(Cl)cc1)c1ccccc1N2. The van der Waals surface area contributed by atoms with Gasteiger partial charge < -0.3 is 10.2 Å². The molecule has 3 aromatic rings. The van der Waals surface area contributed by atoms with Gasteiger partial charge in [-0.25, -0.2) is 0 Å². The number of thiophene rings is 1. The first-order valence-corrected chi connectivity index (χ1v) is 11.1. The maximum absolute atomic E-state index is 13.1. The second-order valence-electron chi connectivity index (χ2n) is 7.48. The van der Waals surface area contributed by atoms with Gasteiger partial charge in [0.15, 0.2) is 5.78 Å². The van der Waals surface area contributed by atoms with Crippen molar-refractivity contribution in [2.75, 3.05) is 10.2 Å². The maximum atomic E-state index is 13.1. The van der Waals surface area contributed by atoms with Crippen LogP contribution in [0.4, 0.5) is 11.4 Å². The largest absolute Gasteiger partial charge is 0.357 e. The van der Waals surface area contributed by atoms with Crippen molar-refractivity contribution in [1.82, 2.24) is 0 Å². The van der Waals surface area contributed by atoms with E-state index in [2.05, 4.69) is 58.1 Å². The number of nitrogens with zero attached hydrogens (tertiary/aromatic N) is 1. The normalized spacial score (nSPS) is 18.7. The predicted octanol–water partition coefficient (Wildman–Crippen LogP) is 6.58. The molecule has 1 N–H and O–H groups in total. The Labute approximate surface area is 179 Å². The van der Waals surface area contributed by atoms with Crippen molar-refractivity contribution in [3.8, 4) is 0 Å². The van der Waals surface area contributed by atoms with Gasteiger partial charge in [-0.2, -0.15) is 0 Å². The molecule has 1 unspecified atom stereocenters. The first kappa shape index (κ1) is 18.5. The zero-order chi connectivity index (χ0) is 19.8. The Balaban J connectivity index is 1.70. The maximum Gasteiger partial charge on any atom is 0.163 e. The lowest BCUT2D eigenvalue weighted by Gasteiger charge is -2.34. The summed E-state index contributed by atoms with van der Waals surface area (Å²) in [5.41, 5.74) is 5.33. The molecule has 0 fully saturated rings. The summed E-state index contributed by atoms with van der Waals surface area (Å²) < 4.78 is 0. The summed E-state index contributed by atoms with van der Waals surface area (Å²) in [4.78, 5) is 16.7. The molecule has 0 saturated heterocycles. The van der Waals surface area contributed by atoms with Crippen LogP contribution in [0.5, 0.6) is 0 Å². The Morgan fingerprint density at radius 1 is 1.03 bits per heavy atom. The van der Waals surface area contributed by atoms with Crippen LogP contribution >= 0.6 is 22.9 Å². The molecule has 2 aromatic carbocycles. The van der Waals surface area contributed by atoms with Crippen molar-refractivity contribution >= 4 is 40.1 Å². The number of halogens is 1. The number of Topliss-reactive ketones (excluding diaryl/α,β-unsaturated/α-hetero) is 1. The average Bonchev–Trinajstić information content (AvgIpc) is 3.21. The monoisotopic (exact) mass is 420 g/mol. The molecule has 1 aliphatic carbocycles. The van der Waals surface area contributed by atoms with Gasteiger partial charge in [0.05, 0.1) is 17.4 Å². The minimum atomic E-state index is -0.0929. The van der Waals surface area contributed by atoms with Crippen LogP contribution in [0.3, 0.4) is 0 Å². The highest BCUT2D eigenvalue weighted by Crippen LogP contribution is 2.46. The number of hydrogen-bond acceptors (Lipinski definition) is 4. The summed E-state index contributed by atoms with van der Waals surface area (Å²) in [5.74, 6) is 0.256. The molecular formula is C24H21ClN2OS. The van der Waals surface area contributed by atoms with Gasteiger partial charge in [-0.1, -0.05) is 41.9 Å². The Kier molecular flexibility index (Phi) is 4.90. The number of carbonyl (C=O) groups is 1. The van der Waals surface area contributed by atoms with Gasteiger partial charge >= 0.3 is 0 Å². The van der Waals surface area contributed by atoms with Crippen molar-refractivity contribution < 1.29 is 4.79 Å². The molecule has 29 heavy (non-hydrogen) atoms. The molecular weight excluding hydrogens is 400 g/mol. The summed E-state index contributed by atoms with van der Waals surface area (Å²) in [5, 5.41) is 6.43. The van der Waals surface area contributed by atoms with Gasteiger partial charge in [-0.3, -0.25) is 4.79 Å². The quantitative estimate of drug-likeness (QED) is 0.519. The standard InChI is InChI=1S/C24H21ClN2OS/c25-17-12-10-16(11-13-17)15-27-20-7-2-1-5-18(20)26-19-6-3-8-21(28)23(19)24(27)22-9-4-14-29-22/h1-2,4-5,7,9-14,24,26H,3,6,8,15H2. The fourth-order valence-electron chi connectivity index (χ4n) is 4.30. The van der Waals surface area contributed by atoms with E-state index in [4.69, 9.17) is 11.6 Å². The number of hydrogen-bond donors (Lipinski definition) is 1. The van der Waals surface area contributed by atoms with E-state index in [-0.39, 0.29) is 11.8 Å².